The maximum absolute atomic E-state index is 14.6. The Bertz CT molecular complexity index is 957. The van der Waals surface area contributed by atoms with Crippen molar-refractivity contribution in [2.45, 2.75) is 63.1 Å². The Morgan fingerprint density at radius 3 is 2.74 bits per heavy atom. The molecule has 186 valence electrons. The number of amides is 2. The fraction of sp³-hybridized carbons (Fsp3) is 0.680. The van der Waals surface area contributed by atoms with Crippen molar-refractivity contribution in [2.75, 3.05) is 39.4 Å². The largest absolute Gasteiger partial charge is 0.377 e. The van der Waals surface area contributed by atoms with Crippen LogP contribution in [-0.2, 0) is 20.7 Å². The molecule has 0 radical (unpaired) electrons. The molecule has 6 nitrogen and oxygen atoms in total. The molecule has 3 saturated heterocycles. The SMILES string of the molecule is C[C@H]1C(=O)N2[C@@H](CCN3CCC4(CC4)C(F)(F)C3)COC[C@H]2CN1C(=O)Cc1cccc(Cl)c1. The zero-order valence-electron chi connectivity index (χ0n) is 19.5. The van der Waals surface area contributed by atoms with Crippen molar-refractivity contribution in [1.29, 1.82) is 0 Å². The van der Waals surface area contributed by atoms with Gasteiger partial charge in [-0.05, 0) is 56.8 Å². The van der Waals surface area contributed by atoms with Gasteiger partial charge in [0.2, 0.25) is 11.8 Å². The number of carbonyl (C=O) groups excluding carboxylic acids is 2. The van der Waals surface area contributed by atoms with Crippen LogP contribution in [0.3, 0.4) is 0 Å². The average Bonchev–Trinajstić information content (AvgIpc) is 3.58. The number of piperazine rings is 1. The first kappa shape index (κ1) is 23.9. The highest BCUT2D eigenvalue weighted by atomic mass is 35.5. The highest BCUT2D eigenvalue weighted by Gasteiger charge is 2.63. The molecule has 3 atom stereocenters. The van der Waals surface area contributed by atoms with Crippen molar-refractivity contribution >= 4 is 23.4 Å². The molecular formula is C25H32ClF2N3O3. The van der Waals surface area contributed by atoms with Crippen LogP contribution in [-0.4, -0.2) is 90.0 Å². The van der Waals surface area contributed by atoms with Crippen LogP contribution < -0.4 is 0 Å². The molecule has 3 aliphatic heterocycles. The number of likely N-dealkylation sites (tertiary alicyclic amines) is 1. The molecule has 0 N–H and O–H groups in total. The molecule has 0 unspecified atom stereocenters. The Balaban J connectivity index is 1.20. The molecule has 9 heteroatoms. The van der Waals surface area contributed by atoms with Crippen molar-refractivity contribution in [3.63, 3.8) is 0 Å². The molecule has 1 spiro atoms. The molecule has 3 heterocycles. The standard InChI is InChI=1S/C25H32ClF2N3O3/c1-17-23(33)31-20(5-9-29-10-8-24(6-7-24)25(27,28)16-29)14-34-15-21(31)13-30(17)22(32)12-18-3-2-4-19(26)11-18/h2-4,11,17,20-21H,5-10,12-16H2,1H3/t17-,20-,21+/m0/s1. The van der Waals surface area contributed by atoms with E-state index in [9.17, 15) is 18.4 Å². The molecule has 34 heavy (non-hydrogen) atoms. The molecule has 0 aromatic heterocycles. The molecule has 1 aromatic carbocycles. The first-order valence-corrected chi connectivity index (χ1v) is 12.6. The second-order valence-electron chi connectivity index (χ2n) is 10.4. The number of halogens is 3. The first-order chi connectivity index (χ1) is 16.2. The Kier molecular flexibility index (Phi) is 6.36. The molecule has 1 aliphatic carbocycles. The van der Waals surface area contributed by atoms with Crippen molar-refractivity contribution in [3.8, 4) is 0 Å². The number of rotatable bonds is 5. The summed E-state index contributed by atoms with van der Waals surface area (Å²) >= 11 is 6.04. The molecule has 0 bridgehead atoms. The molecule has 1 saturated carbocycles. The van der Waals surface area contributed by atoms with Crippen molar-refractivity contribution in [3.05, 3.63) is 34.9 Å². The van der Waals surface area contributed by atoms with E-state index in [2.05, 4.69) is 0 Å². The zero-order chi connectivity index (χ0) is 24.1. The van der Waals surface area contributed by atoms with Crippen LogP contribution in [0.25, 0.3) is 0 Å². The summed E-state index contributed by atoms with van der Waals surface area (Å²) in [6, 6.07) is 6.22. The summed E-state index contributed by atoms with van der Waals surface area (Å²) in [7, 11) is 0. The molecule has 5 rings (SSSR count). The number of nitrogens with zero attached hydrogens (tertiary/aromatic N) is 3. The predicted molar refractivity (Wildman–Crippen MR) is 124 cm³/mol. The summed E-state index contributed by atoms with van der Waals surface area (Å²) in [5.74, 6) is -2.84. The van der Waals surface area contributed by atoms with E-state index in [1.54, 1.807) is 30.0 Å². The number of fused-ring (bicyclic) bond motifs is 1. The third kappa shape index (κ3) is 4.44. The lowest BCUT2D eigenvalue weighted by Crippen LogP contribution is -2.68. The maximum atomic E-state index is 14.6. The molecule has 4 aliphatic rings. The number of ether oxygens (including phenoxy) is 1. The van der Waals surface area contributed by atoms with E-state index in [4.69, 9.17) is 16.3 Å². The average molecular weight is 496 g/mol. The van der Waals surface area contributed by atoms with Gasteiger partial charge in [-0.1, -0.05) is 23.7 Å². The van der Waals surface area contributed by atoms with Crippen LogP contribution in [0.1, 0.15) is 38.2 Å². The number of hydrogen-bond donors (Lipinski definition) is 0. The van der Waals surface area contributed by atoms with E-state index in [0.29, 0.717) is 63.6 Å². The van der Waals surface area contributed by atoms with Gasteiger partial charge in [-0.15, -0.1) is 0 Å². The van der Waals surface area contributed by atoms with Gasteiger partial charge in [-0.2, -0.15) is 0 Å². The van der Waals surface area contributed by atoms with Crippen LogP contribution in [0, 0.1) is 5.41 Å². The Hall–Kier alpha value is -1.77. The van der Waals surface area contributed by atoms with Crippen LogP contribution in [0.4, 0.5) is 8.78 Å². The lowest BCUT2D eigenvalue weighted by Gasteiger charge is -2.50. The van der Waals surface area contributed by atoms with Gasteiger partial charge in [0.15, 0.2) is 0 Å². The quantitative estimate of drug-likeness (QED) is 0.629. The van der Waals surface area contributed by atoms with Gasteiger partial charge in [-0.3, -0.25) is 14.5 Å². The summed E-state index contributed by atoms with van der Waals surface area (Å²) in [6.45, 7) is 3.96. The third-order valence-corrected chi connectivity index (χ3v) is 8.43. The second-order valence-corrected chi connectivity index (χ2v) is 10.9. The van der Waals surface area contributed by atoms with Crippen LogP contribution in [0.2, 0.25) is 5.02 Å². The number of hydrogen-bond acceptors (Lipinski definition) is 4. The summed E-state index contributed by atoms with van der Waals surface area (Å²) < 4.78 is 34.9. The van der Waals surface area contributed by atoms with E-state index < -0.39 is 17.4 Å². The smallest absolute Gasteiger partial charge is 0.266 e. The normalized spacial score (nSPS) is 30.4. The number of carbonyl (C=O) groups is 2. The van der Waals surface area contributed by atoms with Crippen LogP contribution >= 0.6 is 11.6 Å². The van der Waals surface area contributed by atoms with Crippen LogP contribution in [0.5, 0.6) is 0 Å². The van der Waals surface area contributed by atoms with Crippen molar-refractivity contribution < 1.29 is 23.1 Å². The fourth-order valence-corrected chi connectivity index (χ4v) is 6.08. The van der Waals surface area contributed by atoms with Gasteiger partial charge in [-0.25, -0.2) is 8.78 Å². The number of benzene rings is 1. The minimum Gasteiger partial charge on any atom is -0.377 e. The monoisotopic (exact) mass is 495 g/mol. The minimum absolute atomic E-state index is 0.0927. The topological polar surface area (TPSA) is 53.1 Å². The maximum Gasteiger partial charge on any atom is 0.266 e. The summed E-state index contributed by atoms with van der Waals surface area (Å²) in [5, 5.41) is 0.571. The Labute approximate surface area is 204 Å². The zero-order valence-corrected chi connectivity index (χ0v) is 20.3. The van der Waals surface area contributed by atoms with Gasteiger partial charge in [0.05, 0.1) is 38.3 Å². The highest BCUT2D eigenvalue weighted by molar-refractivity contribution is 6.30. The molecule has 1 aromatic rings. The van der Waals surface area contributed by atoms with E-state index in [0.717, 1.165) is 5.56 Å². The molecule has 4 fully saturated rings. The fourth-order valence-electron chi connectivity index (χ4n) is 5.87. The van der Waals surface area contributed by atoms with Crippen molar-refractivity contribution in [1.82, 2.24) is 14.7 Å². The molecular weight excluding hydrogens is 464 g/mol. The van der Waals surface area contributed by atoms with Gasteiger partial charge in [0.1, 0.15) is 6.04 Å². The molecule has 2 amide bonds. The summed E-state index contributed by atoms with van der Waals surface area (Å²) in [6.07, 6.45) is 2.60. The van der Waals surface area contributed by atoms with Crippen molar-refractivity contribution in [2.24, 2.45) is 5.41 Å². The van der Waals surface area contributed by atoms with Gasteiger partial charge < -0.3 is 14.5 Å². The second kappa shape index (κ2) is 9.03. The van der Waals surface area contributed by atoms with E-state index >= 15 is 0 Å². The minimum atomic E-state index is -2.63. The lowest BCUT2D eigenvalue weighted by atomic mass is 9.89. The lowest BCUT2D eigenvalue weighted by molar-refractivity contribution is -0.168. The highest BCUT2D eigenvalue weighted by Crippen LogP contribution is 2.61. The number of morpholine rings is 1. The Morgan fingerprint density at radius 2 is 2.03 bits per heavy atom. The van der Waals surface area contributed by atoms with Gasteiger partial charge in [0, 0.05) is 23.5 Å². The van der Waals surface area contributed by atoms with Gasteiger partial charge >= 0.3 is 0 Å². The summed E-state index contributed by atoms with van der Waals surface area (Å²) in [4.78, 5) is 31.7. The third-order valence-electron chi connectivity index (χ3n) is 8.20. The number of alkyl halides is 2. The first-order valence-electron chi connectivity index (χ1n) is 12.2. The predicted octanol–water partition coefficient (Wildman–Crippen LogP) is 3.22. The van der Waals surface area contributed by atoms with E-state index in [1.165, 1.54) is 0 Å². The van der Waals surface area contributed by atoms with Gasteiger partial charge in [0.25, 0.3) is 5.92 Å². The Morgan fingerprint density at radius 1 is 1.24 bits per heavy atom. The number of piperidine rings is 1. The van der Waals surface area contributed by atoms with Crippen LogP contribution in [0.15, 0.2) is 24.3 Å². The summed E-state index contributed by atoms with van der Waals surface area (Å²) in [5.41, 5.74) is 0.0608. The van der Waals surface area contributed by atoms with E-state index in [1.807, 2.05) is 15.9 Å². The van der Waals surface area contributed by atoms with E-state index in [-0.39, 0.29) is 36.9 Å².